The van der Waals surface area contributed by atoms with Crippen LogP contribution in [0.25, 0.3) is 0 Å². The molecule has 0 aliphatic rings. The minimum Gasteiger partial charge on any atom is -0.469 e. The number of hydrogen-bond donors (Lipinski definition) is 1. The molecule has 110 valence electrons. The highest BCUT2D eigenvalue weighted by atomic mass is 35.5. The van der Waals surface area contributed by atoms with Gasteiger partial charge < -0.3 is 4.74 Å². The lowest BCUT2D eigenvalue weighted by atomic mass is 10.2. The molecule has 0 fully saturated rings. The van der Waals surface area contributed by atoms with Crippen LogP contribution in [0.1, 0.15) is 21.7 Å². The molecule has 8 heteroatoms. The van der Waals surface area contributed by atoms with Gasteiger partial charge in [-0.05, 0) is 13.0 Å². The van der Waals surface area contributed by atoms with E-state index in [1.165, 1.54) is 24.6 Å². The number of anilines is 1. The van der Waals surface area contributed by atoms with Crippen molar-refractivity contribution in [2.45, 2.75) is 13.3 Å². The van der Waals surface area contributed by atoms with Crippen LogP contribution < -0.4 is 5.32 Å². The van der Waals surface area contributed by atoms with Crippen LogP contribution in [0.5, 0.6) is 0 Å². The molecule has 2 aromatic heterocycles. The van der Waals surface area contributed by atoms with E-state index in [1.54, 1.807) is 18.4 Å². The van der Waals surface area contributed by atoms with Crippen molar-refractivity contribution in [2.24, 2.45) is 0 Å². The topological polar surface area (TPSA) is 81.2 Å². The largest absolute Gasteiger partial charge is 0.469 e. The number of amides is 1. The summed E-state index contributed by atoms with van der Waals surface area (Å²) in [4.78, 5) is 31.4. The molecule has 21 heavy (non-hydrogen) atoms. The number of nitrogens with zero attached hydrogens (tertiary/aromatic N) is 2. The Morgan fingerprint density at radius 1 is 1.48 bits per heavy atom. The second kappa shape index (κ2) is 6.64. The maximum absolute atomic E-state index is 12.1. The molecule has 0 bridgehead atoms. The number of rotatable bonds is 4. The number of nitrogens with one attached hydrogen (secondary N) is 1. The third-order valence-electron chi connectivity index (χ3n) is 2.56. The fraction of sp³-hybridized carbons (Fsp3) is 0.231. The average Bonchev–Trinajstić information content (AvgIpc) is 2.85. The van der Waals surface area contributed by atoms with Gasteiger partial charge in [0.25, 0.3) is 5.91 Å². The van der Waals surface area contributed by atoms with Crippen LogP contribution in [0.4, 0.5) is 5.13 Å². The molecule has 6 nitrogen and oxygen atoms in total. The van der Waals surface area contributed by atoms with Crippen LogP contribution in [-0.2, 0) is 16.0 Å². The lowest BCUT2D eigenvalue weighted by molar-refractivity contribution is -0.139. The van der Waals surface area contributed by atoms with Crippen LogP contribution in [0, 0.1) is 6.92 Å². The van der Waals surface area contributed by atoms with Gasteiger partial charge in [0, 0.05) is 17.3 Å². The molecular formula is C13H12ClN3O3S. The predicted molar refractivity (Wildman–Crippen MR) is 79.8 cm³/mol. The Morgan fingerprint density at radius 2 is 2.24 bits per heavy atom. The van der Waals surface area contributed by atoms with Crippen molar-refractivity contribution < 1.29 is 14.3 Å². The fourth-order valence-corrected chi connectivity index (χ4v) is 2.52. The molecule has 2 heterocycles. The van der Waals surface area contributed by atoms with Gasteiger partial charge in [-0.3, -0.25) is 19.9 Å². The summed E-state index contributed by atoms with van der Waals surface area (Å²) in [5.74, 6) is -0.782. The van der Waals surface area contributed by atoms with E-state index in [4.69, 9.17) is 11.6 Å². The molecule has 2 rings (SSSR count). The second-order valence-electron chi connectivity index (χ2n) is 4.16. The molecule has 0 saturated carbocycles. The van der Waals surface area contributed by atoms with Gasteiger partial charge in [-0.25, -0.2) is 4.98 Å². The number of carbonyl (C=O) groups is 2. The number of pyridine rings is 1. The molecule has 1 amide bonds. The molecule has 2 aromatic rings. The smallest absolute Gasteiger partial charge is 0.311 e. The van der Waals surface area contributed by atoms with E-state index in [0.29, 0.717) is 15.8 Å². The maximum atomic E-state index is 12.1. The van der Waals surface area contributed by atoms with Crippen molar-refractivity contribution in [3.05, 3.63) is 39.6 Å². The highest BCUT2D eigenvalue weighted by Gasteiger charge is 2.14. The van der Waals surface area contributed by atoms with E-state index in [0.717, 1.165) is 5.69 Å². The third-order valence-corrected chi connectivity index (χ3v) is 3.68. The summed E-state index contributed by atoms with van der Waals surface area (Å²) in [6, 6.07) is 1.61. The zero-order valence-electron chi connectivity index (χ0n) is 11.3. The molecule has 0 saturated heterocycles. The average molecular weight is 326 g/mol. The third kappa shape index (κ3) is 3.99. The summed E-state index contributed by atoms with van der Waals surface area (Å²) < 4.78 is 4.55. The Hall–Kier alpha value is -1.99. The minimum absolute atomic E-state index is 0.0652. The number of esters is 1. The first-order valence-corrected chi connectivity index (χ1v) is 7.20. The van der Waals surface area contributed by atoms with Crippen molar-refractivity contribution in [3.63, 3.8) is 0 Å². The summed E-state index contributed by atoms with van der Waals surface area (Å²) in [6.45, 7) is 1.79. The number of ether oxygens (including phenoxy) is 1. The van der Waals surface area contributed by atoms with Crippen LogP contribution in [0.15, 0.2) is 17.6 Å². The van der Waals surface area contributed by atoms with Crippen molar-refractivity contribution in [2.75, 3.05) is 12.4 Å². The number of hydrogen-bond acceptors (Lipinski definition) is 6. The summed E-state index contributed by atoms with van der Waals surface area (Å²) in [6.07, 6.45) is 1.48. The first kappa shape index (κ1) is 15.4. The Bertz CT molecular complexity index is 687. The van der Waals surface area contributed by atoms with Gasteiger partial charge >= 0.3 is 5.97 Å². The van der Waals surface area contributed by atoms with Gasteiger partial charge in [0.2, 0.25) is 0 Å². The molecule has 0 radical (unpaired) electrons. The van der Waals surface area contributed by atoms with Gasteiger partial charge in [-0.2, -0.15) is 0 Å². The SMILES string of the molecule is COC(=O)Cc1csc(NC(=O)c2cnc(C)cc2Cl)n1. The molecule has 0 spiro atoms. The van der Waals surface area contributed by atoms with Crippen LogP contribution in [-0.4, -0.2) is 29.0 Å². The quantitative estimate of drug-likeness (QED) is 0.873. The van der Waals surface area contributed by atoms with Crippen LogP contribution in [0.2, 0.25) is 5.02 Å². The lowest BCUT2D eigenvalue weighted by Gasteiger charge is -2.04. The number of halogens is 1. The molecule has 0 atom stereocenters. The Balaban J connectivity index is 2.07. The number of methoxy groups -OCH3 is 1. The molecule has 0 aliphatic heterocycles. The number of carbonyl (C=O) groups excluding carboxylic acids is 2. The predicted octanol–water partition coefficient (Wildman–Crippen LogP) is 2.47. The van der Waals surface area contributed by atoms with Gasteiger partial charge in [-0.15, -0.1) is 11.3 Å². The highest BCUT2D eigenvalue weighted by molar-refractivity contribution is 7.14. The number of thiazole rings is 1. The van der Waals surface area contributed by atoms with Crippen LogP contribution in [0.3, 0.4) is 0 Å². The van der Waals surface area contributed by atoms with E-state index in [1.807, 2.05) is 0 Å². The first-order chi connectivity index (χ1) is 9.99. The molecule has 0 aliphatic carbocycles. The first-order valence-electron chi connectivity index (χ1n) is 5.94. The Labute approximate surface area is 130 Å². The van der Waals surface area contributed by atoms with Gasteiger partial charge in [0.15, 0.2) is 5.13 Å². The number of aromatic nitrogens is 2. The van der Waals surface area contributed by atoms with E-state index in [9.17, 15) is 9.59 Å². The van der Waals surface area contributed by atoms with Gasteiger partial charge in [-0.1, -0.05) is 11.6 Å². The Morgan fingerprint density at radius 3 is 2.90 bits per heavy atom. The fourth-order valence-electron chi connectivity index (χ4n) is 1.52. The standard InChI is InChI=1S/C13H12ClN3O3S/c1-7-3-10(14)9(5-15-7)12(19)17-13-16-8(6-21-13)4-11(18)20-2/h3,5-6H,4H2,1-2H3,(H,16,17,19). The van der Waals surface area contributed by atoms with Crippen LogP contribution >= 0.6 is 22.9 Å². The van der Waals surface area contributed by atoms with Crippen molar-refractivity contribution in [1.82, 2.24) is 9.97 Å². The molecule has 0 aromatic carbocycles. The van der Waals surface area contributed by atoms with Crippen molar-refractivity contribution in [3.8, 4) is 0 Å². The maximum Gasteiger partial charge on any atom is 0.311 e. The lowest BCUT2D eigenvalue weighted by Crippen LogP contribution is -2.13. The van der Waals surface area contributed by atoms with Crippen molar-refractivity contribution in [1.29, 1.82) is 0 Å². The van der Waals surface area contributed by atoms with E-state index in [-0.39, 0.29) is 18.0 Å². The molecule has 1 N–H and O–H groups in total. The highest BCUT2D eigenvalue weighted by Crippen LogP contribution is 2.20. The summed E-state index contributed by atoms with van der Waals surface area (Å²) >= 11 is 7.22. The molecular weight excluding hydrogens is 314 g/mol. The summed E-state index contributed by atoms with van der Waals surface area (Å²) in [5, 5.41) is 5.01. The van der Waals surface area contributed by atoms with E-state index in [2.05, 4.69) is 20.0 Å². The second-order valence-corrected chi connectivity index (χ2v) is 5.42. The summed E-state index contributed by atoms with van der Waals surface area (Å²) in [7, 11) is 1.31. The van der Waals surface area contributed by atoms with Gasteiger partial charge in [0.05, 0.1) is 29.8 Å². The minimum atomic E-state index is -0.397. The Kier molecular flexibility index (Phi) is 4.87. The van der Waals surface area contributed by atoms with Crippen molar-refractivity contribution >= 4 is 39.9 Å². The molecule has 0 unspecified atom stereocenters. The zero-order chi connectivity index (χ0) is 15.4. The monoisotopic (exact) mass is 325 g/mol. The number of aryl methyl sites for hydroxylation is 1. The van der Waals surface area contributed by atoms with Gasteiger partial charge in [0.1, 0.15) is 0 Å². The zero-order valence-corrected chi connectivity index (χ0v) is 12.9. The normalized spacial score (nSPS) is 10.2. The van der Waals surface area contributed by atoms with E-state index >= 15 is 0 Å². The van der Waals surface area contributed by atoms with E-state index < -0.39 is 5.91 Å². The summed E-state index contributed by atoms with van der Waals surface area (Å²) in [5.41, 5.74) is 1.54.